The molecule has 0 aliphatic heterocycles. The van der Waals surface area contributed by atoms with E-state index < -0.39 is 0 Å². The largest absolute Gasteiger partial charge is 0.507 e. The summed E-state index contributed by atoms with van der Waals surface area (Å²) in [5.74, 6) is 0.698. The normalized spacial score (nSPS) is 17.5. The summed E-state index contributed by atoms with van der Waals surface area (Å²) < 4.78 is 0. The van der Waals surface area contributed by atoms with E-state index in [1.807, 2.05) is 64.1 Å². The van der Waals surface area contributed by atoms with Crippen molar-refractivity contribution in [2.45, 2.75) is 40.5 Å². The third kappa shape index (κ3) is 3.43. The Morgan fingerprint density at radius 2 is 1.00 bits per heavy atom. The van der Waals surface area contributed by atoms with E-state index in [9.17, 15) is 15.0 Å². The number of carbonyl (C=O) groups excluding carboxylic acids is 1. The van der Waals surface area contributed by atoms with Gasteiger partial charge >= 0.3 is 0 Å². The van der Waals surface area contributed by atoms with Crippen LogP contribution in [0.2, 0.25) is 0 Å². The third-order valence-corrected chi connectivity index (χ3v) is 4.96. The van der Waals surface area contributed by atoms with Gasteiger partial charge in [0.1, 0.15) is 11.5 Å². The SMILES string of the molecule is Cc1cc(C=C2CCC(=Cc3cc(C)c(O)c(C)c3)C2=O)cc(C)c1O. The Labute approximate surface area is 154 Å². The first kappa shape index (κ1) is 18.0. The van der Waals surface area contributed by atoms with Gasteiger partial charge in [0.25, 0.3) is 0 Å². The number of benzene rings is 2. The van der Waals surface area contributed by atoms with Crippen LogP contribution in [-0.4, -0.2) is 16.0 Å². The Hall–Kier alpha value is -2.81. The molecule has 2 aromatic carbocycles. The Morgan fingerprint density at radius 3 is 1.31 bits per heavy atom. The highest BCUT2D eigenvalue weighted by atomic mass is 16.3. The summed E-state index contributed by atoms with van der Waals surface area (Å²) in [6, 6.07) is 7.60. The molecule has 134 valence electrons. The van der Waals surface area contributed by atoms with Crippen molar-refractivity contribution in [2.75, 3.05) is 0 Å². The van der Waals surface area contributed by atoms with E-state index in [0.29, 0.717) is 11.5 Å². The molecule has 1 saturated carbocycles. The van der Waals surface area contributed by atoms with Crippen LogP contribution in [0, 0.1) is 27.7 Å². The molecular weight excluding hydrogens is 324 g/mol. The van der Waals surface area contributed by atoms with E-state index in [1.165, 1.54) is 0 Å². The zero-order chi connectivity index (χ0) is 19.0. The van der Waals surface area contributed by atoms with Crippen LogP contribution in [0.1, 0.15) is 46.2 Å². The van der Waals surface area contributed by atoms with E-state index in [0.717, 1.165) is 57.4 Å². The molecule has 2 aromatic rings. The van der Waals surface area contributed by atoms with Crippen LogP contribution in [0.15, 0.2) is 35.4 Å². The maximum atomic E-state index is 12.8. The fourth-order valence-electron chi connectivity index (χ4n) is 3.53. The molecule has 1 aliphatic rings. The highest BCUT2D eigenvalue weighted by molar-refractivity contribution is 6.15. The van der Waals surface area contributed by atoms with Crippen molar-refractivity contribution < 1.29 is 15.0 Å². The molecule has 3 rings (SSSR count). The second-order valence-corrected chi connectivity index (χ2v) is 7.17. The van der Waals surface area contributed by atoms with Gasteiger partial charge in [0.05, 0.1) is 0 Å². The maximum absolute atomic E-state index is 12.8. The first-order chi connectivity index (χ1) is 12.3. The van der Waals surface area contributed by atoms with Gasteiger partial charge in [-0.1, -0.05) is 0 Å². The van der Waals surface area contributed by atoms with Crippen LogP contribution in [0.5, 0.6) is 11.5 Å². The Morgan fingerprint density at radius 1 is 0.692 bits per heavy atom. The molecule has 3 heteroatoms. The molecule has 0 radical (unpaired) electrons. The maximum Gasteiger partial charge on any atom is 0.185 e. The number of ketones is 1. The predicted molar refractivity (Wildman–Crippen MR) is 105 cm³/mol. The monoisotopic (exact) mass is 348 g/mol. The number of rotatable bonds is 2. The Balaban J connectivity index is 1.91. The highest BCUT2D eigenvalue weighted by Gasteiger charge is 2.23. The minimum Gasteiger partial charge on any atom is -0.507 e. The number of hydrogen-bond donors (Lipinski definition) is 2. The molecular formula is C23H24O3. The van der Waals surface area contributed by atoms with Crippen LogP contribution in [0.25, 0.3) is 12.2 Å². The summed E-state index contributed by atoms with van der Waals surface area (Å²) in [6.45, 7) is 7.45. The topological polar surface area (TPSA) is 57.5 Å². The standard InChI is InChI=1S/C23H24O3/c1-13-7-17(8-14(2)21(13)24)11-19-5-6-20(23(19)26)12-18-9-15(3)22(25)16(4)10-18/h7-12,24-25H,5-6H2,1-4H3. The molecule has 0 atom stereocenters. The second-order valence-electron chi connectivity index (χ2n) is 7.17. The van der Waals surface area contributed by atoms with Crippen LogP contribution in [-0.2, 0) is 4.79 Å². The third-order valence-electron chi connectivity index (χ3n) is 4.96. The first-order valence-electron chi connectivity index (χ1n) is 8.82. The second kappa shape index (κ2) is 6.83. The van der Waals surface area contributed by atoms with E-state index in [1.54, 1.807) is 0 Å². The minimum absolute atomic E-state index is 0.0803. The van der Waals surface area contributed by atoms with Gasteiger partial charge < -0.3 is 10.2 Å². The summed E-state index contributed by atoms with van der Waals surface area (Å²) in [7, 11) is 0. The van der Waals surface area contributed by atoms with Crippen LogP contribution in [0.3, 0.4) is 0 Å². The highest BCUT2D eigenvalue weighted by Crippen LogP contribution is 2.32. The average Bonchev–Trinajstić information content (AvgIpc) is 2.90. The van der Waals surface area contributed by atoms with Crippen molar-refractivity contribution in [3.63, 3.8) is 0 Å². The summed E-state index contributed by atoms with van der Waals surface area (Å²) in [6.07, 6.45) is 5.30. The Kier molecular flexibility index (Phi) is 4.73. The fraction of sp³-hybridized carbons (Fsp3) is 0.261. The van der Waals surface area contributed by atoms with Crippen molar-refractivity contribution in [1.29, 1.82) is 0 Å². The van der Waals surface area contributed by atoms with E-state index in [-0.39, 0.29) is 5.78 Å². The van der Waals surface area contributed by atoms with Crippen molar-refractivity contribution in [1.82, 2.24) is 0 Å². The predicted octanol–water partition coefficient (Wildman–Crippen LogP) is 5.16. The molecule has 2 N–H and O–H groups in total. The fourth-order valence-corrected chi connectivity index (χ4v) is 3.53. The number of hydrogen-bond acceptors (Lipinski definition) is 3. The molecule has 0 unspecified atom stereocenters. The zero-order valence-electron chi connectivity index (χ0n) is 15.7. The van der Waals surface area contributed by atoms with Crippen molar-refractivity contribution >= 4 is 17.9 Å². The lowest BCUT2D eigenvalue weighted by Gasteiger charge is -2.06. The number of Topliss-reactive ketones (excluding diaryl/α,β-unsaturated/α-hetero) is 1. The van der Waals surface area contributed by atoms with Gasteiger partial charge in [-0.25, -0.2) is 0 Å². The molecule has 0 amide bonds. The summed E-state index contributed by atoms with van der Waals surface area (Å²) in [5.41, 5.74) is 6.74. The van der Waals surface area contributed by atoms with Crippen molar-refractivity contribution in [3.05, 3.63) is 68.8 Å². The number of carbonyl (C=O) groups is 1. The lowest BCUT2D eigenvalue weighted by atomic mass is 10.0. The van der Waals surface area contributed by atoms with E-state index in [4.69, 9.17) is 0 Å². The van der Waals surface area contributed by atoms with Gasteiger partial charge in [-0.3, -0.25) is 4.79 Å². The number of aryl methyl sites for hydroxylation is 4. The number of phenols is 2. The van der Waals surface area contributed by atoms with Crippen molar-refractivity contribution in [3.8, 4) is 11.5 Å². The molecule has 0 spiro atoms. The smallest absolute Gasteiger partial charge is 0.185 e. The van der Waals surface area contributed by atoms with E-state index >= 15 is 0 Å². The quantitative estimate of drug-likeness (QED) is 0.737. The minimum atomic E-state index is 0.0803. The molecule has 1 fully saturated rings. The number of allylic oxidation sites excluding steroid dienone is 2. The van der Waals surface area contributed by atoms with E-state index in [2.05, 4.69) is 0 Å². The van der Waals surface area contributed by atoms with Crippen LogP contribution < -0.4 is 0 Å². The van der Waals surface area contributed by atoms with Crippen molar-refractivity contribution in [2.24, 2.45) is 0 Å². The van der Waals surface area contributed by atoms with Gasteiger partial charge in [0, 0.05) is 11.1 Å². The lowest BCUT2D eigenvalue weighted by Crippen LogP contribution is -1.96. The molecule has 3 nitrogen and oxygen atoms in total. The van der Waals surface area contributed by atoms with Gasteiger partial charge in [-0.05, 0) is 110 Å². The summed E-state index contributed by atoms with van der Waals surface area (Å²) in [5, 5.41) is 19.8. The molecule has 0 aromatic heterocycles. The molecule has 0 bridgehead atoms. The molecule has 1 aliphatic carbocycles. The van der Waals surface area contributed by atoms with Gasteiger partial charge in [-0.15, -0.1) is 0 Å². The van der Waals surface area contributed by atoms with Gasteiger partial charge in [-0.2, -0.15) is 0 Å². The van der Waals surface area contributed by atoms with Gasteiger partial charge in [0.2, 0.25) is 0 Å². The summed E-state index contributed by atoms with van der Waals surface area (Å²) in [4.78, 5) is 12.8. The van der Waals surface area contributed by atoms with Gasteiger partial charge in [0.15, 0.2) is 5.78 Å². The number of aromatic hydroxyl groups is 2. The Bertz CT molecular complexity index is 838. The molecule has 26 heavy (non-hydrogen) atoms. The zero-order valence-corrected chi connectivity index (χ0v) is 15.7. The van der Waals surface area contributed by atoms with Crippen LogP contribution >= 0.6 is 0 Å². The molecule has 0 saturated heterocycles. The van der Waals surface area contributed by atoms with Crippen LogP contribution in [0.4, 0.5) is 0 Å². The number of phenolic OH excluding ortho intramolecular Hbond substituents is 2. The molecule has 0 heterocycles. The summed E-state index contributed by atoms with van der Waals surface area (Å²) >= 11 is 0. The average molecular weight is 348 g/mol. The lowest BCUT2D eigenvalue weighted by molar-refractivity contribution is -0.111. The first-order valence-corrected chi connectivity index (χ1v) is 8.82.